The Morgan fingerprint density at radius 2 is 2.18 bits per heavy atom. The number of fused-ring (bicyclic) bond motifs is 1. The molecule has 4 heteroatoms. The van der Waals surface area contributed by atoms with Gasteiger partial charge in [0.1, 0.15) is 17.1 Å². The molecule has 0 unspecified atom stereocenters. The van der Waals surface area contributed by atoms with Gasteiger partial charge in [-0.2, -0.15) is 0 Å². The summed E-state index contributed by atoms with van der Waals surface area (Å²) in [4.78, 5) is 4.14. The average molecular weight is 229 g/mol. The molecule has 0 saturated carbocycles. The van der Waals surface area contributed by atoms with E-state index in [1.54, 1.807) is 30.5 Å². The molecule has 0 amide bonds. The first-order valence-corrected chi connectivity index (χ1v) is 5.44. The summed E-state index contributed by atoms with van der Waals surface area (Å²) in [6.07, 6.45) is 2.47. The van der Waals surface area contributed by atoms with Crippen molar-refractivity contribution in [2.75, 3.05) is 0 Å². The predicted octanol–water partition coefficient (Wildman–Crippen LogP) is 3.36. The fourth-order valence-electron chi connectivity index (χ4n) is 1.74. The molecular formula is C13H11NO3. The van der Waals surface area contributed by atoms with Gasteiger partial charge in [-0.15, -0.1) is 0 Å². The summed E-state index contributed by atoms with van der Waals surface area (Å²) < 4.78 is 11.1. The van der Waals surface area contributed by atoms with E-state index in [4.69, 9.17) is 8.83 Å². The van der Waals surface area contributed by atoms with E-state index in [1.807, 2.05) is 6.92 Å². The first-order chi connectivity index (χ1) is 8.28. The normalized spacial score (nSPS) is 11.1. The zero-order chi connectivity index (χ0) is 11.8. The molecule has 0 spiro atoms. The van der Waals surface area contributed by atoms with Gasteiger partial charge in [-0.3, -0.25) is 0 Å². The van der Waals surface area contributed by atoms with Gasteiger partial charge in [-0.25, -0.2) is 4.98 Å². The Labute approximate surface area is 97.5 Å². The van der Waals surface area contributed by atoms with Crippen molar-refractivity contribution in [3.63, 3.8) is 0 Å². The third kappa shape index (κ3) is 1.58. The molecule has 2 aromatic heterocycles. The van der Waals surface area contributed by atoms with E-state index in [-0.39, 0.29) is 5.75 Å². The lowest BCUT2D eigenvalue weighted by Crippen LogP contribution is -1.70. The highest BCUT2D eigenvalue weighted by molar-refractivity contribution is 5.87. The van der Waals surface area contributed by atoms with E-state index < -0.39 is 0 Å². The molecule has 86 valence electrons. The Bertz CT molecular complexity index is 666. The van der Waals surface area contributed by atoms with Crippen LogP contribution in [-0.2, 0) is 6.42 Å². The molecule has 0 atom stereocenters. The highest BCUT2D eigenvalue weighted by atomic mass is 16.4. The van der Waals surface area contributed by atoms with Crippen LogP contribution in [0.15, 0.2) is 39.3 Å². The molecule has 0 radical (unpaired) electrons. The zero-order valence-electron chi connectivity index (χ0n) is 9.30. The molecule has 3 rings (SSSR count). The number of nitrogens with zero attached hydrogens (tertiary/aromatic N) is 1. The van der Waals surface area contributed by atoms with E-state index >= 15 is 0 Å². The predicted molar refractivity (Wildman–Crippen MR) is 62.8 cm³/mol. The summed E-state index contributed by atoms with van der Waals surface area (Å²) >= 11 is 0. The minimum Gasteiger partial charge on any atom is -0.507 e. The number of furan rings is 1. The van der Waals surface area contributed by atoms with Gasteiger partial charge in [0.25, 0.3) is 5.89 Å². The molecule has 0 fully saturated rings. The van der Waals surface area contributed by atoms with Gasteiger partial charge in [-0.05, 0) is 12.1 Å². The number of aromatic hydroxyl groups is 1. The summed E-state index contributed by atoms with van der Waals surface area (Å²) in [5.74, 6) is 1.98. The van der Waals surface area contributed by atoms with Gasteiger partial charge in [0.05, 0.1) is 11.6 Å². The van der Waals surface area contributed by atoms with Gasteiger partial charge in [0, 0.05) is 12.5 Å². The molecule has 17 heavy (non-hydrogen) atoms. The third-order valence-corrected chi connectivity index (χ3v) is 2.65. The van der Waals surface area contributed by atoms with Crippen molar-refractivity contribution in [1.82, 2.24) is 4.98 Å². The Kier molecular flexibility index (Phi) is 2.14. The quantitative estimate of drug-likeness (QED) is 0.732. The first-order valence-electron chi connectivity index (χ1n) is 5.44. The number of aromatic nitrogens is 1. The molecule has 1 N–H and O–H groups in total. The average Bonchev–Trinajstić information content (AvgIpc) is 2.95. The van der Waals surface area contributed by atoms with Crippen LogP contribution in [0, 0.1) is 0 Å². The van der Waals surface area contributed by atoms with E-state index in [0.717, 1.165) is 12.2 Å². The number of aryl methyl sites for hydroxylation is 1. The van der Waals surface area contributed by atoms with E-state index in [1.165, 1.54) is 0 Å². The fourth-order valence-corrected chi connectivity index (χ4v) is 1.74. The molecule has 4 nitrogen and oxygen atoms in total. The maximum Gasteiger partial charge on any atom is 0.263 e. The van der Waals surface area contributed by atoms with Gasteiger partial charge in [0.15, 0.2) is 5.76 Å². The molecule has 0 saturated heterocycles. The molecule has 0 aliphatic rings. The minimum atomic E-state index is 0.194. The number of hydrogen-bond donors (Lipinski definition) is 1. The van der Waals surface area contributed by atoms with Crippen LogP contribution in [-0.4, -0.2) is 10.1 Å². The Morgan fingerprint density at radius 1 is 1.29 bits per heavy atom. The van der Waals surface area contributed by atoms with Crippen molar-refractivity contribution >= 4 is 11.0 Å². The van der Waals surface area contributed by atoms with Gasteiger partial charge in [-0.1, -0.05) is 13.0 Å². The smallest absolute Gasteiger partial charge is 0.263 e. The van der Waals surface area contributed by atoms with Crippen LogP contribution in [0.4, 0.5) is 0 Å². The number of oxazole rings is 1. The van der Waals surface area contributed by atoms with Crippen molar-refractivity contribution < 1.29 is 13.9 Å². The van der Waals surface area contributed by atoms with Crippen LogP contribution < -0.4 is 0 Å². The SMILES string of the molecule is CCc1cnc(-c2cc3c(O)cccc3o2)o1. The maximum atomic E-state index is 9.67. The van der Waals surface area contributed by atoms with Crippen molar-refractivity contribution in [2.24, 2.45) is 0 Å². The Hall–Kier alpha value is -2.23. The molecule has 1 aromatic carbocycles. The number of hydrogen-bond acceptors (Lipinski definition) is 4. The number of benzene rings is 1. The van der Waals surface area contributed by atoms with Gasteiger partial charge in [0.2, 0.25) is 0 Å². The molecule has 3 aromatic rings. The fraction of sp³-hybridized carbons (Fsp3) is 0.154. The second-order valence-electron chi connectivity index (χ2n) is 3.78. The van der Waals surface area contributed by atoms with Crippen molar-refractivity contribution in [3.8, 4) is 17.4 Å². The first kappa shape index (κ1) is 9.96. The summed E-state index contributed by atoms with van der Waals surface area (Å²) in [5, 5.41) is 10.3. The van der Waals surface area contributed by atoms with Crippen LogP contribution in [0.3, 0.4) is 0 Å². The largest absolute Gasteiger partial charge is 0.507 e. The van der Waals surface area contributed by atoms with E-state index in [2.05, 4.69) is 4.98 Å². The second kappa shape index (κ2) is 3.66. The summed E-state index contributed by atoms with van der Waals surface area (Å²) in [6.45, 7) is 1.99. The molecule has 0 bridgehead atoms. The molecular weight excluding hydrogens is 218 g/mol. The monoisotopic (exact) mass is 229 g/mol. The van der Waals surface area contributed by atoms with Crippen molar-refractivity contribution in [3.05, 3.63) is 36.2 Å². The molecule has 2 heterocycles. The Balaban J connectivity index is 2.14. The van der Waals surface area contributed by atoms with Crippen LogP contribution in [0.2, 0.25) is 0 Å². The zero-order valence-corrected chi connectivity index (χ0v) is 9.30. The van der Waals surface area contributed by atoms with Gasteiger partial charge >= 0.3 is 0 Å². The lowest BCUT2D eigenvalue weighted by Gasteiger charge is -1.89. The third-order valence-electron chi connectivity index (χ3n) is 2.65. The number of rotatable bonds is 2. The highest BCUT2D eigenvalue weighted by Gasteiger charge is 2.13. The van der Waals surface area contributed by atoms with Gasteiger partial charge < -0.3 is 13.9 Å². The van der Waals surface area contributed by atoms with Crippen LogP contribution in [0.1, 0.15) is 12.7 Å². The van der Waals surface area contributed by atoms with Crippen LogP contribution in [0.25, 0.3) is 22.6 Å². The van der Waals surface area contributed by atoms with Crippen molar-refractivity contribution in [2.45, 2.75) is 13.3 Å². The highest BCUT2D eigenvalue weighted by Crippen LogP contribution is 2.32. The summed E-state index contributed by atoms with van der Waals surface area (Å²) in [7, 11) is 0. The minimum absolute atomic E-state index is 0.194. The van der Waals surface area contributed by atoms with Crippen LogP contribution in [0.5, 0.6) is 5.75 Å². The van der Waals surface area contributed by atoms with Crippen molar-refractivity contribution in [1.29, 1.82) is 0 Å². The maximum absolute atomic E-state index is 9.67. The standard InChI is InChI=1S/C13H11NO3/c1-2-8-7-14-13(16-8)12-6-9-10(15)4-3-5-11(9)17-12/h3-7,15H,2H2,1H3. The van der Waals surface area contributed by atoms with E-state index in [9.17, 15) is 5.11 Å². The second-order valence-corrected chi connectivity index (χ2v) is 3.78. The lowest BCUT2D eigenvalue weighted by atomic mass is 10.2. The summed E-state index contributed by atoms with van der Waals surface area (Å²) in [6, 6.07) is 6.88. The van der Waals surface area contributed by atoms with Crippen LogP contribution >= 0.6 is 0 Å². The van der Waals surface area contributed by atoms with E-state index in [0.29, 0.717) is 22.6 Å². The Morgan fingerprint density at radius 3 is 2.88 bits per heavy atom. The number of phenolic OH excluding ortho intramolecular Hbond substituents is 1. The lowest BCUT2D eigenvalue weighted by molar-refractivity contribution is 0.481. The molecule has 0 aliphatic heterocycles. The molecule has 0 aliphatic carbocycles. The number of phenols is 1. The topological polar surface area (TPSA) is 59.4 Å². The summed E-state index contributed by atoms with van der Waals surface area (Å²) in [5.41, 5.74) is 0.622.